The number of carbonyl (C=O) groups is 1. The Labute approximate surface area is 164 Å². The van der Waals surface area contributed by atoms with Crippen molar-refractivity contribution in [1.29, 1.82) is 0 Å². The first-order valence-electron chi connectivity index (χ1n) is 8.23. The molecule has 1 amide bonds. The van der Waals surface area contributed by atoms with Gasteiger partial charge < -0.3 is 4.42 Å². The van der Waals surface area contributed by atoms with Crippen molar-refractivity contribution in [2.24, 2.45) is 5.92 Å². The summed E-state index contributed by atoms with van der Waals surface area (Å²) in [5.74, 6) is -0.436. The lowest BCUT2D eigenvalue weighted by atomic mass is 9.97. The third-order valence-electron chi connectivity index (χ3n) is 4.33. The van der Waals surface area contributed by atoms with Gasteiger partial charge in [-0.25, -0.2) is 8.42 Å². The van der Waals surface area contributed by atoms with Crippen LogP contribution in [0.15, 0.2) is 27.5 Å². The first-order valence-corrected chi connectivity index (χ1v) is 10.1. The summed E-state index contributed by atoms with van der Waals surface area (Å²) in [4.78, 5) is 22.3. The number of nitro benzene ring substituents is 1. The van der Waals surface area contributed by atoms with Gasteiger partial charge in [-0.15, -0.1) is 5.10 Å². The minimum absolute atomic E-state index is 0.00831. The van der Waals surface area contributed by atoms with Gasteiger partial charge in [-0.3, -0.25) is 20.2 Å². The minimum Gasteiger partial charge on any atom is -0.408 e. The number of nitrogens with zero attached hydrogens (tertiary/aromatic N) is 4. The van der Waals surface area contributed by atoms with E-state index >= 15 is 0 Å². The molecule has 0 radical (unpaired) electrons. The Kier molecular flexibility index (Phi) is 5.63. The topological polar surface area (TPSA) is 149 Å². The van der Waals surface area contributed by atoms with Crippen LogP contribution in [0.25, 0.3) is 0 Å². The van der Waals surface area contributed by atoms with Crippen molar-refractivity contribution in [3.05, 3.63) is 39.2 Å². The molecule has 1 aromatic carbocycles. The standard InChI is InChI=1S/C15H16ClN5O6S/c1-9-18-19-15(27-9)17-14(22)10-4-6-20(7-5-10)28(25,26)11-2-3-12(16)13(8-11)21(23)24/h2-3,8,10H,4-7H2,1H3,(H,17,19,22). The van der Waals surface area contributed by atoms with Gasteiger partial charge in [-0.05, 0) is 25.0 Å². The number of hydrogen-bond donors (Lipinski definition) is 1. The highest BCUT2D eigenvalue weighted by Crippen LogP contribution is 2.30. The SMILES string of the molecule is Cc1nnc(NC(=O)C2CCN(S(=O)(=O)c3ccc(Cl)c([N+](=O)[O-])c3)CC2)o1. The molecule has 0 unspecified atom stereocenters. The quantitative estimate of drug-likeness (QED) is 0.560. The van der Waals surface area contributed by atoms with Gasteiger partial charge in [-0.2, -0.15) is 4.31 Å². The maximum atomic E-state index is 12.8. The average molecular weight is 430 g/mol. The third kappa shape index (κ3) is 4.13. The molecule has 28 heavy (non-hydrogen) atoms. The highest BCUT2D eigenvalue weighted by atomic mass is 35.5. The second-order valence-corrected chi connectivity index (χ2v) is 8.51. The summed E-state index contributed by atoms with van der Waals surface area (Å²) in [6.07, 6.45) is 0.571. The van der Waals surface area contributed by atoms with Crippen LogP contribution in [0.1, 0.15) is 18.7 Å². The van der Waals surface area contributed by atoms with Gasteiger partial charge in [0.05, 0.1) is 9.82 Å². The predicted octanol–water partition coefficient (Wildman–Crippen LogP) is 1.98. The number of aromatic nitrogens is 2. The summed E-state index contributed by atoms with van der Waals surface area (Å²) in [5.41, 5.74) is -0.480. The van der Waals surface area contributed by atoms with E-state index in [-0.39, 0.29) is 47.8 Å². The maximum absolute atomic E-state index is 12.8. The van der Waals surface area contributed by atoms with Crippen molar-refractivity contribution < 1.29 is 22.6 Å². The smallest absolute Gasteiger partial charge is 0.322 e. The number of anilines is 1. The number of rotatable bonds is 5. The first-order chi connectivity index (χ1) is 13.2. The van der Waals surface area contributed by atoms with E-state index in [1.165, 1.54) is 16.4 Å². The fourth-order valence-corrected chi connectivity index (χ4v) is 4.53. The lowest BCUT2D eigenvalue weighted by Gasteiger charge is -2.30. The van der Waals surface area contributed by atoms with E-state index in [9.17, 15) is 23.3 Å². The van der Waals surface area contributed by atoms with Crippen LogP contribution in [0.5, 0.6) is 0 Å². The number of nitro groups is 1. The summed E-state index contributed by atoms with van der Waals surface area (Å²) in [6, 6.07) is 3.33. The third-order valence-corrected chi connectivity index (χ3v) is 6.55. The normalized spacial score (nSPS) is 16.1. The zero-order chi connectivity index (χ0) is 20.5. The number of sulfonamides is 1. The van der Waals surface area contributed by atoms with Crippen molar-refractivity contribution in [2.45, 2.75) is 24.7 Å². The fourth-order valence-electron chi connectivity index (χ4n) is 2.85. The highest BCUT2D eigenvalue weighted by Gasteiger charge is 2.33. The number of hydrogen-bond acceptors (Lipinski definition) is 8. The molecule has 0 atom stereocenters. The second kappa shape index (κ2) is 7.81. The molecule has 0 bridgehead atoms. The molecule has 1 N–H and O–H groups in total. The van der Waals surface area contributed by atoms with E-state index < -0.39 is 26.6 Å². The molecule has 2 aromatic rings. The van der Waals surface area contributed by atoms with Gasteiger partial charge in [0, 0.05) is 32.0 Å². The molecular weight excluding hydrogens is 414 g/mol. The number of halogens is 1. The summed E-state index contributed by atoms with van der Waals surface area (Å²) < 4.78 is 31.8. The van der Waals surface area contributed by atoms with Crippen LogP contribution >= 0.6 is 11.6 Å². The van der Waals surface area contributed by atoms with Gasteiger partial charge in [0.1, 0.15) is 5.02 Å². The van der Waals surface area contributed by atoms with E-state index in [0.717, 1.165) is 6.07 Å². The fraction of sp³-hybridized carbons (Fsp3) is 0.400. The Morgan fingerprint density at radius 2 is 2.04 bits per heavy atom. The van der Waals surface area contributed by atoms with Gasteiger partial charge >= 0.3 is 6.01 Å². The molecule has 13 heteroatoms. The highest BCUT2D eigenvalue weighted by molar-refractivity contribution is 7.89. The lowest BCUT2D eigenvalue weighted by Crippen LogP contribution is -2.41. The van der Waals surface area contributed by atoms with Crippen LogP contribution in [0.4, 0.5) is 11.7 Å². The average Bonchev–Trinajstić information content (AvgIpc) is 3.06. The molecule has 150 valence electrons. The van der Waals surface area contributed by atoms with Crippen molar-refractivity contribution >= 4 is 39.2 Å². The van der Waals surface area contributed by atoms with E-state index in [2.05, 4.69) is 15.5 Å². The van der Waals surface area contributed by atoms with Crippen molar-refractivity contribution in [1.82, 2.24) is 14.5 Å². The van der Waals surface area contributed by atoms with E-state index in [1.807, 2.05) is 0 Å². The zero-order valence-electron chi connectivity index (χ0n) is 14.7. The summed E-state index contributed by atoms with van der Waals surface area (Å²) >= 11 is 5.74. The van der Waals surface area contributed by atoms with Crippen molar-refractivity contribution in [3.8, 4) is 0 Å². The monoisotopic (exact) mass is 429 g/mol. The minimum atomic E-state index is -3.94. The van der Waals surface area contributed by atoms with E-state index in [1.54, 1.807) is 6.92 Å². The molecule has 11 nitrogen and oxygen atoms in total. The van der Waals surface area contributed by atoms with Crippen molar-refractivity contribution in [3.63, 3.8) is 0 Å². The number of amides is 1. The largest absolute Gasteiger partial charge is 0.408 e. The first kappa shape index (κ1) is 20.2. The van der Waals surface area contributed by atoms with Gasteiger partial charge in [0.25, 0.3) is 5.69 Å². The van der Waals surface area contributed by atoms with Crippen molar-refractivity contribution in [2.75, 3.05) is 18.4 Å². The summed E-state index contributed by atoms with van der Waals surface area (Å²) in [5, 5.41) is 20.7. The maximum Gasteiger partial charge on any atom is 0.322 e. The number of aryl methyl sites for hydroxylation is 1. The number of piperidine rings is 1. The summed E-state index contributed by atoms with van der Waals surface area (Å²) in [6.45, 7) is 1.78. The predicted molar refractivity (Wildman–Crippen MR) is 97.3 cm³/mol. The molecule has 0 saturated carbocycles. The Hall–Kier alpha value is -2.57. The Morgan fingerprint density at radius 1 is 1.36 bits per heavy atom. The van der Waals surface area contributed by atoms with Crippen LogP contribution in [0, 0.1) is 23.0 Å². The second-order valence-electron chi connectivity index (χ2n) is 6.16. The van der Waals surface area contributed by atoms with E-state index in [4.69, 9.17) is 16.0 Å². The van der Waals surface area contributed by atoms with Crippen LogP contribution in [-0.4, -0.2) is 46.8 Å². The van der Waals surface area contributed by atoms with Crippen LogP contribution in [0.2, 0.25) is 5.02 Å². The lowest BCUT2D eigenvalue weighted by molar-refractivity contribution is -0.384. The molecular formula is C15H16ClN5O6S. The molecule has 0 spiro atoms. The zero-order valence-corrected chi connectivity index (χ0v) is 16.2. The Morgan fingerprint density at radius 3 is 2.61 bits per heavy atom. The molecule has 0 aliphatic carbocycles. The van der Waals surface area contributed by atoms with Gasteiger partial charge in [0.15, 0.2) is 0 Å². The van der Waals surface area contributed by atoms with Gasteiger partial charge in [0.2, 0.25) is 21.8 Å². The molecule has 1 fully saturated rings. The number of carbonyl (C=O) groups excluding carboxylic acids is 1. The molecule has 1 saturated heterocycles. The van der Waals surface area contributed by atoms with Crippen LogP contribution in [-0.2, 0) is 14.8 Å². The van der Waals surface area contributed by atoms with E-state index in [0.29, 0.717) is 5.89 Å². The number of benzene rings is 1. The molecule has 3 rings (SSSR count). The molecule has 1 aliphatic rings. The summed E-state index contributed by atoms with van der Waals surface area (Å²) in [7, 11) is -3.94. The number of nitrogens with one attached hydrogen (secondary N) is 1. The Bertz CT molecular complexity index is 1020. The molecule has 2 heterocycles. The van der Waals surface area contributed by atoms with Crippen LogP contribution < -0.4 is 5.32 Å². The Balaban J connectivity index is 1.67. The molecule has 1 aliphatic heterocycles. The van der Waals surface area contributed by atoms with Gasteiger partial charge in [-0.1, -0.05) is 16.7 Å². The van der Waals surface area contributed by atoms with Crippen LogP contribution in [0.3, 0.4) is 0 Å². The molecule has 1 aromatic heterocycles.